The van der Waals surface area contributed by atoms with Crippen molar-refractivity contribution >= 4 is 29.1 Å². The Kier molecular flexibility index (Phi) is 8.23. The van der Waals surface area contributed by atoms with Gasteiger partial charge in [-0.3, -0.25) is 4.99 Å². The largest absolute Gasteiger partial charge is 0.357 e. The van der Waals surface area contributed by atoms with Gasteiger partial charge in [-0.2, -0.15) is 11.8 Å². The van der Waals surface area contributed by atoms with Crippen molar-refractivity contribution in [3.63, 3.8) is 0 Å². The summed E-state index contributed by atoms with van der Waals surface area (Å²) in [5, 5.41) is 11.2. The minimum atomic E-state index is 0.587. The van der Waals surface area contributed by atoms with Crippen LogP contribution in [0.3, 0.4) is 0 Å². The number of nitrogens with one attached hydrogen (secondary N) is 2. The quantitative estimate of drug-likeness (QED) is 0.425. The molecule has 1 fully saturated rings. The van der Waals surface area contributed by atoms with E-state index in [9.17, 15) is 0 Å². The molecular weight excluding hydrogens is 324 g/mol. The van der Waals surface area contributed by atoms with Gasteiger partial charge in [0.05, 0.1) is 5.01 Å². The van der Waals surface area contributed by atoms with E-state index in [-0.39, 0.29) is 0 Å². The van der Waals surface area contributed by atoms with Crippen LogP contribution in [0.25, 0.3) is 0 Å². The maximum absolute atomic E-state index is 4.73. The molecule has 1 aliphatic rings. The van der Waals surface area contributed by atoms with E-state index in [2.05, 4.69) is 41.1 Å². The molecule has 2 atom stereocenters. The Balaban J connectivity index is 1.68. The molecule has 1 aromatic heterocycles. The third kappa shape index (κ3) is 6.71. The molecule has 0 aromatic carbocycles. The Morgan fingerprint density at radius 2 is 2.30 bits per heavy atom. The van der Waals surface area contributed by atoms with Gasteiger partial charge >= 0.3 is 0 Å². The standard InChI is InChI=1S/C17H30N4S2/c1-4-18-17(21-14-8-9-15(11-14)22-3)19-10-6-5-7-16-20-13(2)12-23-16/h12,14-15H,4-11H2,1-3H3,(H2,18,19,21). The number of thioether (sulfide) groups is 1. The van der Waals surface area contributed by atoms with Gasteiger partial charge in [-0.05, 0) is 58.6 Å². The summed E-state index contributed by atoms with van der Waals surface area (Å²) in [4.78, 5) is 9.25. The van der Waals surface area contributed by atoms with Crippen LogP contribution in [0.2, 0.25) is 0 Å². The van der Waals surface area contributed by atoms with E-state index in [0.717, 1.165) is 49.3 Å². The highest BCUT2D eigenvalue weighted by Gasteiger charge is 2.24. The molecule has 1 heterocycles. The Hall–Kier alpha value is -0.750. The molecule has 1 saturated carbocycles. The van der Waals surface area contributed by atoms with Crippen LogP contribution in [0.5, 0.6) is 0 Å². The van der Waals surface area contributed by atoms with Crippen LogP contribution in [0.15, 0.2) is 10.4 Å². The van der Waals surface area contributed by atoms with Gasteiger partial charge in [0.25, 0.3) is 0 Å². The van der Waals surface area contributed by atoms with Crippen molar-refractivity contribution in [3.8, 4) is 0 Å². The van der Waals surface area contributed by atoms with Crippen LogP contribution < -0.4 is 10.6 Å². The summed E-state index contributed by atoms with van der Waals surface area (Å²) in [6, 6.07) is 0.587. The molecule has 1 aliphatic carbocycles. The SMILES string of the molecule is CCNC(=NCCCCc1nc(C)cs1)NC1CCC(SC)C1. The smallest absolute Gasteiger partial charge is 0.191 e. The summed E-state index contributed by atoms with van der Waals surface area (Å²) in [7, 11) is 0. The second-order valence-corrected chi connectivity index (χ2v) is 8.19. The number of unbranched alkanes of at least 4 members (excludes halogenated alkanes) is 1. The fourth-order valence-electron chi connectivity index (χ4n) is 2.90. The second-order valence-electron chi connectivity index (χ2n) is 6.11. The lowest BCUT2D eigenvalue weighted by Crippen LogP contribution is -2.42. The van der Waals surface area contributed by atoms with E-state index in [1.165, 1.54) is 24.3 Å². The lowest BCUT2D eigenvalue weighted by atomic mass is 10.2. The van der Waals surface area contributed by atoms with Crippen LogP contribution in [0, 0.1) is 6.92 Å². The van der Waals surface area contributed by atoms with E-state index in [0.29, 0.717) is 6.04 Å². The second kappa shape index (κ2) is 10.2. The van der Waals surface area contributed by atoms with Gasteiger partial charge < -0.3 is 10.6 Å². The van der Waals surface area contributed by atoms with Gasteiger partial charge in [0.1, 0.15) is 0 Å². The average Bonchev–Trinajstić information content (AvgIpc) is 3.16. The summed E-state index contributed by atoms with van der Waals surface area (Å²) in [5.41, 5.74) is 1.14. The third-order valence-electron chi connectivity index (χ3n) is 4.14. The first-order valence-corrected chi connectivity index (χ1v) is 10.9. The van der Waals surface area contributed by atoms with E-state index >= 15 is 0 Å². The van der Waals surface area contributed by atoms with Gasteiger partial charge in [-0.15, -0.1) is 11.3 Å². The van der Waals surface area contributed by atoms with Crippen molar-refractivity contribution in [2.24, 2.45) is 4.99 Å². The van der Waals surface area contributed by atoms with Crippen molar-refractivity contribution in [3.05, 3.63) is 16.1 Å². The number of aliphatic imine (C=N–C) groups is 1. The van der Waals surface area contributed by atoms with Gasteiger partial charge in [-0.25, -0.2) is 4.98 Å². The number of thiazole rings is 1. The molecule has 23 heavy (non-hydrogen) atoms. The molecule has 0 radical (unpaired) electrons. The van der Waals surface area contributed by atoms with Crippen LogP contribution in [0.1, 0.15) is 49.7 Å². The Labute approximate surface area is 149 Å². The molecule has 4 nitrogen and oxygen atoms in total. The van der Waals surface area contributed by atoms with Crippen LogP contribution in [0.4, 0.5) is 0 Å². The number of nitrogens with zero attached hydrogens (tertiary/aromatic N) is 2. The zero-order valence-corrected chi connectivity index (χ0v) is 16.2. The molecule has 1 aromatic rings. The summed E-state index contributed by atoms with van der Waals surface area (Å²) in [6.07, 6.45) is 9.42. The van der Waals surface area contributed by atoms with Crippen LogP contribution in [-0.4, -0.2) is 41.6 Å². The predicted molar refractivity (Wildman–Crippen MR) is 104 cm³/mol. The van der Waals surface area contributed by atoms with Gasteiger partial charge in [0, 0.05) is 35.5 Å². The maximum atomic E-state index is 4.73. The van der Waals surface area contributed by atoms with E-state index in [1.54, 1.807) is 11.3 Å². The Bertz CT molecular complexity index is 487. The van der Waals surface area contributed by atoms with E-state index in [1.807, 2.05) is 11.8 Å². The number of aromatic nitrogens is 1. The lowest BCUT2D eigenvalue weighted by molar-refractivity contribution is 0.613. The number of hydrogen-bond acceptors (Lipinski definition) is 4. The molecular formula is C17H30N4S2. The molecule has 2 N–H and O–H groups in total. The molecule has 0 saturated heterocycles. The highest BCUT2D eigenvalue weighted by Crippen LogP contribution is 2.28. The van der Waals surface area contributed by atoms with E-state index < -0.39 is 0 Å². The minimum absolute atomic E-state index is 0.587. The summed E-state index contributed by atoms with van der Waals surface area (Å²) < 4.78 is 0. The number of aryl methyl sites for hydroxylation is 2. The predicted octanol–water partition coefficient (Wildman–Crippen LogP) is 3.61. The van der Waals surface area contributed by atoms with Gasteiger partial charge in [0.2, 0.25) is 0 Å². The fraction of sp³-hybridized carbons (Fsp3) is 0.765. The van der Waals surface area contributed by atoms with Crippen molar-refractivity contribution in [2.75, 3.05) is 19.3 Å². The third-order valence-corrected chi connectivity index (χ3v) is 6.26. The normalized spacial score (nSPS) is 21.6. The Morgan fingerprint density at radius 1 is 1.43 bits per heavy atom. The topological polar surface area (TPSA) is 49.3 Å². The number of guanidine groups is 1. The molecule has 0 aliphatic heterocycles. The zero-order valence-electron chi connectivity index (χ0n) is 14.6. The number of rotatable bonds is 8. The molecule has 2 rings (SSSR count). The van der Waals surface area contributed by atoms with Crippen LogP contribution in [-0.2, 0) is 6.42 Å². The summed E-state index contributed by atoms with van der Waals surface area (Å²) in [6.45, 7) is 5.99. The highest BCUT2D eigenvalue weighted by atomic mass is 32.2. The van der Waals surface area contributed by atoms with Gasteiger partial charge in [-0.1, -0.05) is 0 Å². The molecule has 6 heteroatoms. The summed E-state index contributed by atoms with van der Waals surface area (Å²) in [5.74, 6) is 0.990. The summed E-state index contributed by atoms with van der Waals surface area (Å²) >= 11 is 3.77. The number of hydrogen-bond donors (Lipinski definition) is 2. The molecule has 130 valence electrons. The monoisotopic (exact) mass is 354 g/mol. The average molecular weight is 355 g/mol. The van der Waals surface area contributed by atoms with Crippen molar-refractivity contribution in [1.29, 1.82) is 0 Å². The fourth-order valence-corrected chi connectivity index (χ4v) is 4.51. The van der Waals surface area contributed by atoms with Crippen molar-refractivity contribution in [2.45, 2.75) is 63.7 Å². The van der Waals surface area contributed by atoms with Crippen LogP contribution >= 0.6 is 23.1 Å². The first kappa shape index (κ1) is 18.6. The molecule has 0 spiro atoms. The van der Waals surface area contributed by atoms with Crippen molar-refractivity contribution < 1.29 is 0 Å². The molecule has 0 amide bonds. The van der Waals surface area contributed by atoms with Crippen molar-refractivity contribution in [1.82, 2.24) is 15.6 Å². The van der Waals surface area contributed by atoms with E-state index in [4.69, 9.17) is 4.99 Å². The minimum Gasteiger partial charge on any atom is -0.357 e. The maximum Gasteiger partial charge on any atom is 0.191 e. The van der Waals surface area contributed by atoms with Gasteiger partial charge in [0.15, 0.2) is 5.96 Å². The lowest BCUT2D eigenvalue weighted by Gasteiger charge is -2.17. The zero-order chi connectivity index (χ0) is 16.5. The first-order valence-electron chi connectivity index (χ1n) is 8.70. The molecule has 2 unspecified atom stereocenters. The first-order chi connectivity index (χ1) is 11.2. The highest BCUT2D eigenvalue weighted by molar-refractivity contribution is 7.99. The Morgan fingerprint density at radius 3 is 2.96 bits per heavy atom. The molecule has 0 bridgehead atoms.